The molecular formula is C73H140N20S2. The third-order valence-corrected chi connectivity index (χ3v) is 17.5. The van der Waals surface area contributed by atoms with Crippen LogP contribution in [0.1, 0.15) is 149 Å². The van der Waals surface area contributed by atoms with Gasteiger partial charge >= 0.3 is 0 Å². The number of nitrogens with one attached hydrogen (secondary N) is 1. The molecule has 4 aromatic rings. The van der Waals surface area contributed by atoms with E-state index in [-0.39, 0.29) is 66.8 Å². The fraction of sp³-hybridized carbons (Fsp3) is 0.493. The summed E-state index contributed by atoms with van der Waals surface area (Å²) in [7, 11) is 27.0. The largest absolute Gasteiger partial charge is 0.349 e. The van der Waals surface area contributed by atoms with Crippen molar-refractivity contribution in [1.82, 2.24) is 83.3 Å². The summed E-state index contributed by atoms with van der Waals surface area (Å²) >= 11 is 3.01. The molecule has 0 atom stereocenters. The predicted molar refractivity (Wildman–Crippen MR) is 430 cm³/mol. The summed E-state index contributed by atoms with van der Waals surface area (Å²) in [5.74, 6) is 3.90. The molecule has 95 heavy (non-hydrogen) atoms. The van der Waals surface area contributed by atoms with Gasteiger partial charge in [-0.2, -0.15) is 14.6 Å². The van der Waals surface area contributed by atoms with E-state index in [0.717, 1.165) is 94.9 Å². The molecule has 0 radical (unpaired) electrons. The first-order chi connectivity index (χ1) is 39.6. The lowest BCUT2D eigenvalue weighted by molar-refractivity contribution is 0.182. The highest BCUT2D eigenvalue weighted by molar-refractivity contribution is 8.17. The van der Waals surface area contributed by atoms with E-state index in [1.807, 2.05) is 150 Å². The molecule has 0 saturated carbocycles. The Kier molecular flexibility index (Phi) is 52.0. The van der Waals surface area contributed by atoms with Crippen LogP contribution >= 0.6 is 23.3 Å². The molecule has 0 amide bonds. The average Bonchev–Trinajstić information content (AvgIpc) is 1.81. The number of rotatable bonds is 0. The van der Waals surface area contributed by atoms with Gasteiger partial charge in [0, 0.05) is 161 Å². The molecule has 5 aliphatic rings. The minimum atomic E-state index is 0. The topological polar surface area (TPSA) is 146 Å². The zero-order valence-corrected chi connectivity index (χ0v) is 59.0. The Hall–Kier alpha value is -8.24. The first kappa shape index (κ1) is 106. The highest BCUT2D eigenvalue weighted by atomic mass is 32.2. The predicted octanol–water partition coefficient (Wildman–Crippen LogP) is 13.8. The first-order valence-corrected chi connectivity index (χ1v) is 29.2. The Morgan fingerprint density at radius 2 is 1.05 bits per heavy atom. The zero-order valence-electron chi connectivity index (χ0n) is 57.4. The van der Waals surface area contributed by atoms with Crippen LogP contribution in [0.15, 0.2) is 135 Å². The van der Waals surface area contributed by atoms with Crippen LogP contribution in [0.2, 0.25) is 0 Å². The second-order valence-corrected chi connectivity index (χ2v) is 22.9. The molecule has 9 rings (SSSR count). The Bertz CT molecular complexity index is 3550. The Morgan fingerprint density at radius 3 is 1.23 bits per heavy atom. The van der Waals surface area contributed by atoms with Crippen molar-refractivity contribution < 1.29 is 0 Å². The number of amidine groups is 2. The molecule has 2 fully saturated rings. The fourth-order valence-electron chi connectivity index (χ4n) is 7.71. The fourth-order valence-corrected chi connectivity index (χ4v) is 9.19. The van der Waals surface area contributed by atoms with Gasteiger partial charge in [-0.3, -0.25) is 34.7 Å². The molecule has 4 aromatic heterocycles. The van der Waals surface area contributed by atoms with Crippen molar-refractivity contribution in [3.63, 3.8) is 0 Å². The summed E-state index contributed by atoms with van der Waals surface area (Å²) in [5.41, 5.74) is 19.9. The van der Waals surface area contributed by atoms with E-state index >= 15 is 0 Å². The molecule has 5 aliphatic heterocycles. The van der Waals surface area contributed by atoms with Crippen LogP contribution in [-0.2, 0) is 28.2 Å². The molecule has 9 heterocycles. The number of hydrazone groups is 1. The summed E-state index contributed by atoms with van der Waals surface area (Å²) in [4.78, 5) is 17.1. The van der Waals surface area contributed by atoms with Crippen molar-refractivity contribution >= 4 is 60.6 Å². The molecule has 1 N–H and O–H groups in total. The number of hydrazine groups is 2. The van der Waals surface area contributed by atoms with E-state index in [4.69, 9.17) is 0 Å². The highest BCUT2D eigenvalue weighted by Crippen LogP contribution is 2.34. The van der Waals surface area contributed by atoms with Crippen molar-refractivity contribution in [3.05, 3.63) is 180 Å². The van der Waals surface area contributed by atoms with E-state index in [1.165, 1.54) is 56.3 Å². The number of thioether (sulfide) groups is 1. The van der Waals surface area contributed by atoms with Gasteiger partial charge in [0.2, 0.25) is 4.80 Å². The number of hydrogen-bond acceptors (Lipinski definition) is 17. The number of nitrogens with zero attached hydrogens (tertiary/aromatic N) is 19. The first-order valence-electron chi connectivity index (χ1n) is 27.6. The molecule has 0 bridgehead atoms. The van der Waals surface area contributed by atoms with E-state index < -0.39 is 0 Å². The third kappa shape index (κ3) is 28.3. The van der Waals surface area contributed by atoms with Gasteiger partial charge in [-0.25, -0.2) is 4.68 Å². The minimum absolute atomic E-state index is 0. The number of aliphatic imine (C=N–C) groups is 1. The maximum Gasteiger partial charge on any atom is 0.203 e. The van der Waals surface area contributed by atoms with E-state index in [2.05, 4.69) is 178 Å². The normalized spacial score (nSPS) is 14.4. The third-order valence-electron chi connectivity index (χ3n) is 15.4. The number of aromatic nitrogens is 8. The lowest BCUT2D eigenvalue weighted by Crippen LogP contribution is -2.33. The lowest BCUT2D eigenvalue weighted by atomic mass is 10.1. The van der Waals surface area contributed by atoms with Gasteiger partial charge in [-0.1, -0.05) is 150 Å². The van der Waals surface area contributed by atoms with Gasteiger partial charge in [0.1, 0.15) is 28.7 Å². The Labute approximate surface area is 590 Å². The highest BCUT2D eigenvalue weighted by Gasteiger charge is 2.24. The molecular weight excluding hydrogens is 1220 g/mol. The van der Waals surface area contributed by atoms with Gasteiger partial charge < -0.3 is 34.2 Å². The van der Waals surface area contributed by atoms with E-state index in [0.29, 0.717) is 5.35 Å². The van der Waals surface area contributed by atoms with Crippen LogP contribution in [-0.4, -0.2) is 159 Å². The number of allylic oxidation sites excluding steroid dienone is 7. The molecule has 0 aliphatic carbocycles. The van der Waals surface area contributed by atoms with Gasteiger partial charge in [0.15, 0.2) is 5.17 Å². The number of aryl methyl sites for hydroxylation is 4. The van der Waals surface area contributed by atoms with Crippen LogP contribution < -0.4 is 31.6 Å². The number of hydrogen-bond donors (Lipinski definition) is 1. The van der Waals surface area contributed by atoms with Gasteiger partial charge in [0.05, 0.1) is 21.8 Å². The maximum atomic E-state index is 4.23. The SMILES string of the molecule is C.C.C.C.C.C.C.C.C.C=C1C(C)=C(C)N(C)C(=C)N1C.C=C1C=C(C)NN1C.C=C1CC(=C(C)C)C(=C)N1C.C=C1N(C)N=C(C)N1C.C=C1SC(=NC)N(C)N1C.C=c1c(C)c(C)c(=C)n1C.C=c1nnn(C)c1=C.CN=c1snc(C)n1C.Cc1nn(C)c(C)c1C. The van der Waals surface area contributed by atoms with Crippen molar-refractivity contribution in [1.29, 1.82) is 0 Å². The molecule has 544 valence electrons. The second-order valence-electron chi connectivity index (χ2n) is 21.1. The summed E-state index contributed by atoms with van der Waals surface area (Å²) in [6.45, 7) is 67.1. The van der Waals surface area contributed by atoms with E-state index in [9.17, 15) is 0 Å². The smallest absolute Gasteiger partial charge is 0.203 e. The average molecular weight is 1360 g/mol. The van der Waals surface area contributed by atoms with Crippen LogP contribution in [0.3, 0.4) is 0 Å². The minimum Gasteiger partial charge on any atom is -0.349 e. The van der Waals surface area contributed by atoms with Gasteiger partial charge in [0.25, 0.3) is 0 Å². The molecule has 0 unspecified atom stereocenters. The molecule has 0 aromatic carbocycles. The van der Waals surface area contributed by atoms with Crippen LogP contribution in [0, 0.1) is 41.5 Å². The van der Waals surface area contributed by atoms with Crippen molar-refractivity contribution in [2.45, 2.75) is 156 Å². The zero-order chi connectivity index (χ0) is 66.8. The number of likely N-dealkylation sites (N-methyl/N-ethyl adjacent to an activating group) is 3. The maximum absolute atomic E-state index is 4.23. The standard InChI is InChI=1S/C10H16N2.C10H15N.C9H13N.C7H12N2.C6H11N3S.C6H11N3.C6H10N2.C5H9N3S.C5H7N3.9CH4/c1-7-8(2)11(5)10(4)12(6)9(7)3;1-7(2)10-6-8(3)11(5)9(10)4;1-6-7(2)9(4)10(5)8(6)3;1-5-6(2)8-9(4)7(5)3;1-5-8(3)9(4)6(7-2)10-5;1-5-7-9(4)6(2)8(5)3;1-5-4-6(2)8(3)7-5;1-4-7-9-5(6-2)8(4)3;1-4-5(2)8(3)7-6-4;;;;;;;;;/h2,4H2,1,3,5-6H3;3-4,6H2,1-2,5H3;3-4H2,1-2,5H3;1-4H3;1H2,2-4H3;2H2,1,3-4H3;4,7H,2H2,1,3H3;1-3H3;1-2H2,3H3;9*1H4. The second kappa shape index (κ2) is 46.8. The van der Waals surface area contributed by atoms with Crippen LogP contribution in [0.25, 0.3) is 26.3 Å². The van der Waals surface area contributed by atoms with Crippen molar-refractivity contribution in [2.24, 2.45) is 43.3 Å². The monoisotopic (exact) mass is 1360 g/mol. The summed E-state index contributed by atoms with van der Waals surface area (Å²) in [6, 6.07) is 0. The summed E-state index contributed by atoms with van der Waals surface area (Å²) in [5, 5.41) is 28.8. The molecule has 22 heteroatoms. The van der Waals surface area contributed by atoms with E-state index in [1.54, 1.807) is 42.6 Å². The molecule has 2 saturated heterocycles. The Balaban J connectivity index is -0.000000124. The van der Waals surface area contributed by atoms with Crippen LogP contribution in [0.5, 0.6) is 0 Å². The number of likely N-dealkylation sites (tertiary alicyclic amines) is 1. The lowest BCUT2D eigenvalue weighted by Gasteiger charge is -2.38. The van der Waals surface area contributed by atoms with Crippen LogP contribution in [0.4, 0.5) is 0 Å². The van der Waals surface area contributed by atoms with Crippen molar-refractivity contribution in [2.75, 3.05) is 70.5 Å². The summed E-state index contributed by atoms with van der Waals surface area (Å²) in [6.07, 6.45) is 2.97. The van der Waals surface area contributed by atoms with Gasteiger partial charge in [-0.05, 0) is 129 Å². The van der Waals surface area contributed by atoms with Crippen molar-refractivity contribution in [3.8, 4) is 0 Å². The quantitative estimate of drug-likeness (QED) is 0.178. The molecule has 0 spiro atoms. The summed E-state index contributed by atoms with van der Waals surface area (Å²) < 4.78 is 11.6. The molecule has 20 nitrogen and oxygen atoms in total. The van der Waals surface area contributed by atoms with Gasteiger partial charge in [-0.15, -0.1) is 5.10 Å². The Morgan fingerprint density at radius 1 is 0.558 bits per heavy atom.